The minimum absolute atomic E-state index is 0.0693. The monoisotopic (exact) mass is 577 g/mol. The smallest absolute Gasteiger partial charge is 0.416 e. The van der Waals surface area contributed by atoms with Gasteiger partial charge in [0.1, 0.15) is 15.2 Å². The summed E-state index contributed by atoms with van der Waals surface area (Å²) in [6.45, 7) is 2.67. The number of ether oxygens (including phenoxy) is 1. The summed E-state index contributed by atoms with van der Waals surface area (Å²) >= 11 is 2.02. The van der Waals surface area contributed by atoms with Gasteiger partial charge in [-0.3, -0.25) is 9.59 Å². The maximum atomic E-state index is 13.1. The molecule has 1 amide bonds. The van der Waals surface area contributed by atoms with Crippen LogP contribution in [0.25, 0.3) is 0 Å². The Morgan fingerprint density at radius 1 is 1.18 bits per heavy atom. The molecule has 3 rings (SSSR count). The number of methoxy groups -OCH3 is 1. The molecule has 10 heteroatoms. The maximum absolute atomic E-state index is 13.1. The van der Waals surface area contributed by atoms with Crippen LogP contribution in [0.3, 0.4) is 0 Å². The minimum atomic E-state index is -4.39. The third kappa shape index (κ3) is 6.27. The molecule has 0 unspecified atom stereocenters. The summed E-state index contributed by atoms with van der Waals surface area (Å²) in [5.41, 5.74) is 0.361. The first-order valence-electron chi connectivity index (χ1n) is 10.9. The Balaban J connectivity index is 1.68. The lowest BCUT2D eigenvalue weighted by molar-refractivity contribution is -0.146. The standard InChI is InChI=1S/C23H27F3IN3O3/c1-3-18-29-20(27)19(30(18)13-15-6-10-17(11-7-15)23(24,25)26)21(31)28-12-14-4-8-16(9-5-14)22(32)33-2/h6-7,10-11,14,16H,3-5,8-9,12-13H2,1-2H3,(H,28,31)/t14-,16-. The van der Waals surface area contributed by atoms with Gasteiger partial charge in [-0.05, 0) is 71.9 Å². The number of rotatable bonds is 7. The topological polar surface area (TPSA) is 73.2 Å². The van der Waals surface area contributed by atoms with Gasteiger partial charge in [-0.1, -0.05) is 19.1 Å². The summed E-state index contributed by atoms with van der Waals surface area (Å²) < 4.78 is 45.7. The van der Waals surface area contributed by atoms with Crippen molar-refractivity contribution < 1.29 is 27.5 Å². The molecule has 33 heavy (non-hydrogen) atoms. The SMILES string of the molecule is CCc1nc(I)c(C(=O)NC[C@H]2CC[C@H](C(=O)OC)CC2)n1Cc1ccc(C(F)(F)F)cc1. The molecule has 1 aromatic heterocycles. The molecule has 1 aromatic carbocycles. The molecule has 0 saturated heterocycles. The van der Waals surface area contributed by atoms with Gasteiger partial charge in [-0.25, -0.2) is 4.98 Å². The van der Waals surface area contributed by atoms with Crippen molar-refractivity contribution in [3.63, 3.8) is 0 Å². The van der Waals surface area contributed by atoms with Crippen LogP contribution in [0.5, 0.6) is 0 Å². The maximum Gasteiger partial charge on any atom is 0.416 e. The van der Waals surface area contributed by atoms with Gasteiger partial charge in [0.2, 0.25) is 0 Å². The van der Waals surface area contributed by atoms with Crippen LogP contribution in [0.15, 0.2) is 24.3 Å². The Bertz CT molecular complexity index is 981. The first-order valence-corrected chi connectivity index (χ1v) is 12.0. The summed E-state index contributed by atoms with van der Waals surface area (Å²) in [6.07, 6.45) is -0.641. The molecule has 1 fully saturated rings. The van der Waals surface area contributed by atoms with Gasteiger partial charge in [0.05, 0.1) is 18.6 Å². The molecule has 0 atom stereocenters. The Morgan fingerprint density at radius 3 is 2.36 bits per heavy atom. The fourth-order valence-electron chi connectivity index (χ4n) is 4.19. The molecular formula is C23H27F3IN3O3. The molecule has 0 aliphatic heterocycles. The lowest BCUT2D eigenvalue weighted by atomic mass is 9.82. The number of halogens is 4. The molecule has 1 N–H and O–H groups in total. The summed E-state index contributed by atoms with van der Waals surface area (Å²) in [6, 6.07) is 4.95. The highest BCUT2D eigenvalue weighted by molar-refractivity contribution is 14.1. The third-order valence-corrected chi connectivity index (χ3v) is 6.84. The highest BCUT2D eigenvalue weighted by Crippen LogP contribution is 2.30. The third-order valence-electron chi connectivity index (χ3n) is 6.09. The number of nitrogens with zero attached hydrogens (tertiary/aromatic N) is 2. The largest absolute Gasteiger partial charge is 0.469 e. The second-order valence-electron chi connectivity index (χ2n) is 8.25. The predicted octanol–water partition coefficient (Wildman–Crippen LogP) is 4.83. The van der Waals surface area contributed by atoms with Crippen LogP contribution in [0.2, 0.25) is 0 Å². The first-order chi connectivity index (χ1) is 15.6. The van der Waals surface area contributed by atoms with Crippen LogP contribution >= 0.6 is 22.6 Å². The average molecular weight is 577 g/mol. The van der Waals surface area contributed by atoms with E-state index in [1.54, 1.807) is 4.57 Å². The number of aryl methyl sites for hydroxylation is 1. The molecule has 1 heterocycles. The number of esters is 1. The van der Waals surface area contributed by atoms with Crippen molar-refractivity contribution in [2.75, 3.05) is 13.7 Å². The number of carbonyl (C=O) groups is 2. The molecule has 0 spiro atoms. The van der Waals surface area contributed by atoms with E-state index in [4.69, 9.17) is 4.74 Å². The fraction of sp³-hybridized carbons (Fsp3) is 0.522. The highest BCUT2D eigenvalue weighted by Gasteiger charge is 2.30. The molecule has 0 radical (unpaired) electrons. The van der Waals surface area contributed by atoms with Gasteiger partial charge < -0.3 is 14.6 Å². The van der Waals surface area contributed by atoms with Crippen LogP contribution in [-0.4, -0.2) is 35.1 Å². The van der Waals surface area contributed by atoms with Crippen LogP contribution in [0, 0.1) is 15.5 Å². The van der Waals surface area contributed by atoms with E-state index >= 15 is 0 Å². The molecule has 180 valence electrons. The lowest BCUT2D eigenvalue weighted by Gasteiger charge is -2.27. The predicted molar refractivity (Wildman–Crippen MR) is 125 cm³/mol. The van der Waals surface area contributed by atoms with Gasteiger partial charge in [-0.2, -0.15) is 13.2 Å². The summed E-state index contributed by atoms with van der Waals surface area (Å²) in [5, 5.41) is 2.99. The molecular weight excluding hydrogens is 550 g/mol. The van der Waals surface area contributed by atoms with E-state index in [0.717, 1.165) is 37.8 Å². The van der Waals surface area contributed by atoms with Crippen molar-refractivity contribution in [2.45, 2.75) is 51.7 Å². The van der Waals surface area contributed by atoms with Gasteiger partial charge in [-0.15, -0.1) is 0 Å². The van der Waals surface area contributed by atoms with Crippen LogP contribution in [0.4, 0.5) is 13.2 Å². The van der Waals surface area contributed by atoms with E-state index in [1.165, 1.54) is 19.2 Å². The highest BCUT2D eigenvalue weighted by atomic mass is 127. The van der Waals surface area contributed by atoms with Gasteiger partial charge in [0.25, 0.3) is 5.91 Å². The van der Waals surface area contributed by atoms with E-state index in [9.17, 15) is 22.8 Å². The Kier molecular flexibility index (Phi) is 8.41. The van der Waals surface area contributed by atoms with Gasteiger partial charge in [0.15, 0.2) is 0 Å². The Labute approximate surface area is 204 Å². The van der Waals surface area contributed by atoms with Crippen LogP contribution in [-0.2, 0) is 28.7 Å². The van der Waals surface area contributed by atoms with E-state index in [1.807, 2.05) is 29.5 Å². The quantitative estimate of drug-likeness (QED) is 0.378. The zero-order valence-electron chi connectivity index (χ0n) is 18.5. The van der Waals surface area contributed by atoms with Crippen molar-refractivity contribution in [3.05, 3.63) is 50.6 Å². The number of alkyl halides is 3. The zero-order valence-corrected chi connectivity index (χ0v) is 20.7. The number of carbonyl (C=O) groups excluding carboxylic acids is 2. The number of amides is 1. The normalized spacial score (nSPS) is 18.7. The second-order valence-corrected chi connectivity index (χ2v) is 9.27. The molecule has 1 saturated carbocycles. The van der Waals surface area contributed by atoms with Crippen molar-refractivity contribution in [2.24, 2.45) is 11.8 Å². The number of hydrogen-bond donors (Lipinski definition) is 1. The van der Waals surface area contributed by atoms with Crippen molar-refractivity contribution >= 4 is 34.5 Å². The molecule has 2 aromatic rings. The number of benzene rings is 1. The summed E-state index contributed by atoms with van der Waals surface area (Å²) in [4.78, 5) is 29.2. The molecule has 0 bridgehead atoms. The first kappa shape index (κ1) is 25.5. The molecule has 1 aliphatic carbocycles. The van der Waals surface area contributed by atoms with Gasteiger partial charge >= 0.3 is 12.1 Å². The van der Waals surface area contributed by atoms with Crippen LogP contribution < -0.4 is 5.32 Å². The van der Waals surface area contributed by atoms with Crippen molar-refractivity contribution in [1.29, 1.82) is 0 Å². The Hall–Kier alpha value is -2.11. The summed E-state index contributed by atoms with van der Waals surface area (Å²) in [7, 11) is 1.40. The lowest BCUT2D eigenvalue weighted by Crippen LogP contribution is -2.34. The number of hydrogen-bond acceptors (Lipinski definition) is 4. The molecule has 6 nitrogen and oxygen atoms in total. The van der Waals surface area contributed by atoms with Gasteiger partial charge in [0, 0.05) is 19.5 Å². The second kappa shape index (κ2) is 10.9. The fourth-order valence-corrected chi connectivity index (χ4v) is 5.01. The van der Waals surface area contributed by atoms with E-state index in [-0.39, 0.29) is 30.3 Å². The van der Waals surface area contributed by atoms with E-state index in [0.29, 0.717) is 33.7 Å². The molecule has 1 aliphatic rings. The average Bonchev–Trinajstić information content (AvgIpc) is 3.11. The van der Waals surface area contributed by atoms with Crippen molar-refractivity contribution in [1.82, 2.24) is 14.9 Å². The Morgan fingerprint density at radius 2 is 1.82 bits per heavy atom. The van der Waals surface area contributed by atoms with Crippen molar-refractivity contribution in [3.8, 4) is 0 Å². The zero-order chi connectivity index (χ0) is 24.2. The number of aromatic nitrogens is 2. The minimum Gasteiger partial charge on any atom is -0.469 e. The summed E-state index contributed by atoms with van der Waals surface area (Å²) in [5.74, 6) is 0.479. The number of nitrogens with one attached hydrogen (secondary N) is 1. The van der Waals surface area contributed by atoms with Crippen LogP contribution in [0.1, 0.15) is 60.0 Å². The number of imidazole rings is 1. The van der Waals surface area contributed by atoms with E-state index < -0.39 is 11.7 Å². The van der Waals surface area contributed by atoms with E-state index in [2.05, 4.69) is 10.3 Å².